The molecule has 0 bridgehead atoms. The first-order valence-electron chi connectivity index (χ1n) is 7.86. The molecule has 0 spiro atoms. The molecule has 1 atom stereocenters. The molecule has 0 saturated heterocycles. The molecule has 3 rings (SSSR count). The zero-order chi connectivity index (χ0) is 18.7. The van der Waals surface area contributed by atoms with Gasteiger partial charge in [-0.2, -0.15) is 13.2 Å². The molecule has 134 valence electrons. The van der Waals surface area contributed by atoms with Crippen LogP contribution in [0.1, 0.15) is 33.4 Å². The summed E-state index contributed by atoms with van der Waals surface area (Å²) in [6, 6.07) is 12.9. The molecule has 0 fully saturated rings. The van der Waals surface area contributed by atoms with Crippen LogP contribution in [-0.2, 0) is 13.2 Å². The molecule has 1 aromatic heterocycles. The van der Waals surface area contributed by atoms with E-state index in [1.54, 1.807) is 24.0 Å². The van der Waals surface area contributed by atoms with Gasteiger partial charge in [0.15, 0.2) is 0 Å². The first kappa shape index (κ1) is 17.7. The number of hydrogen-bond donors (Lipinski definition) is 1. The van der Waals surface area contributed by atoms with Crippen LogP contribution in [-0.4, -0.2) is 15.5 Å². The van der Waals surface area contributed by atoms with E-state index in [1.165, 1.54) is 12.1 Å². The van der Waals surface area contributed by atoms with Gasteiger partial charge < -0.3 is 9.88 Å². The highest BCUT2D eigenvalue weighted by Gasteiger charge is 2.31. The molecule has 0 saturated carbocycles. The van der Waals surface area contributed by atoms with E-state index in [-0.39, 0.29) is 5.56 Å². The summed E-state index contributed by atoms with van der Waals surface area (Å²) in [5.41, 5.74) is -0.143. The highest BCUT2D eigenvalue weighted by atomic mass is 19.4. The van der Waals surface area contributed by atoms with Crippen molar-refractivity contribution in [3.05, 3.63) is 89.5 Å². The zero-order valence-electron chi connectivity index (χ0n) is 13.9. The Labute approximate surface area is 148 Å². The second-order valence-electron chi connectivity index (χ2n) is 5.79. The molecule has 0 radical (unpaired) electrons. The van der Waals surface area contributed by atoms with Crippen molar-refractivity contribution in [2.24, 2.45) is 7.05 Å². The maximum absolute atomic E-state index is 12.9. The predicted molar refractivity (Wildman–Crippen MR) is 90.4 cm³/mol. The molecule has 1 amide bonds. The van der Waals surface area contributed by atoms with Crippen molar-refractivity contribution in [2.75, 3.05) is 0 Å². The van der Waals surface area contributed by atoms with Gasteiger partial charge in [0.05, 0.1) is 5.56 Å². The molecular weight excluding hydrogens is 343 g/mol. The third-order valence-electron chi connectivity index (χ3n) is 3.98. The van der Waals surface area contributed by atoms with Gasteiger partial charge in [-0.25, -0.2) is 4.98 Å². The Hall–Kier alpha value is -3.09. The van der Waals surface area contributed by atoms with Gasteiger partial charge in [-0.1, -0.05) is 36.4 Å². The number of carbonyl (C=O) groups is 1. The second-order valence-corrected chi connectivity index (χ2v) is 5.79. The number of aromatic nitrogens is 2. The summed E-state index contributed by atoms with van der Waals surface area (Å²) in [5.74, 6) is -0.0236. The molecule has 2 aromatic carbocycles. The van der Waals surface area contributed by atoms with E-state index >= 15 is 0 Å². The van der Waals surface area contributed by atoms with Crippen molar-refractivity contribution in [1.29, 1.82) is 0 Å². The monoisotopic (exact) mass is 359 g/mol. The van der Waals surface area contributed by atoms with Gasteiger partial charge >= 0.3 is 6.18 Å². The van der Waals surface area contributed by atoms with E-state index in [1.807, 2.05) is 30.3 Å². The summed E-state index contributed by atoms with van der Waals surface area (Å²) >= 11 is 0. The zero-order valence-corrected chi connectivity index (χ0v) is 13.9. The molecule has 4 nitrogen and oxygen atoms in total. The van der Waals surface area contributed by atoms with Gasteiger partial charge in [0.25, 0.3) is 5.91 Å². The molecule has 1 unspecified atom stereocenters. The van der Waals surface area contributed by atoms with Crippen LogP contribution in [0.25, 0.3) is 0 Å². The van der Waals surface area contributed by atoms with Crippen LogP contribution in [0.4, 0.5) is 13.2 Å². The lowest BCUT2D eigenvalue weighted by atomic mass is 10.0. The SMILES string of the molecule is Cn1ccnc1C(NC(=O)c1cccc(C(F)(F)F)c1)c1ccccc1. The van der Waals surface area contributed by atoms with E-state index < -0.39 is 23.7 Å². The summed E-state index contributed by atoms with van der Waals surface area (Å²) < 4.78 is 40.4. The van der Waals surface area contributed by atoms with Gasteiger partial charge in [-0.05, 0) is 23.8 Å². The number of hydrogen-bond acceptors (Lipinski definition) is 2. The van der Waals surface area contributed by atoms with Crippen LogP contribution in [0.5, 0.6) is 0 Å². The summed E-state index contributed by atoms with van der Waals surface area (Å²) in [6.07, 6.45) is -1.17. The van der Waals surface area contributed by atoms with Gasteiger partial charge in [-0.3, -0.25) is 4.79 Å². The topological polar surface area (TPSA) is 46.9 Å². The number of aryl methyl sites for hydroxylation is 1. The molecule has 7 heteroatoms. The Balaban J connectivity index is 1.93. The Kier molecular flexibility index (Phi) is 4.79. The molecule has 3 aromatic rings. The van der Waals surface area contributed by atoms with Crippen molar-refractivity contribution < 1.29 is 18.0 Å². The van der Waals surface area contributed by atoms with Crippen LogP contribution in [0.2, 0.25) is 0 Å². The number of halogens is 3. The van der Waals surface area contributed by atoms with E-state index in [9.17, 15) is 18.0 Å². The molecular formula is C19H16F3N3O. The summed E-state index contributed by atoms with van der Waals surface area (Å²) in [7, 11) is 1.79. The van der Waals surface area contributed by atoms with Gasteiger partial charge in [0, 0.05) is 25.0 Å². The fraction of sp³-hybridized carbons (Fsp3) is 0.158. The Morgan fingerprint density at radius 1 is 1.12 bits per heavy atom. The minimum absolute atomic E-state index is 0.0602. The van der Waals surface area contributed by atoms with E-state index in [0.717, 1.165) is 17.7 Å². The average molecular weight is 359 g/mol. The maximum Gasteiger partial charge on any atom is 0.416 e. The van der Waals surface area contributed by atoms with Crippen LogP contribution in [0.3, 0.4) is 0 Å². The summed E-state index contributed by atoms with van der Waals surface area (Å²) in [6.45, 7) is 0. The highest BCUT2D eigenvalue weighted by molar-refractivity contribution is 5.94. The van der Waals surface area contributed by atoms with E-state index in [2.05, 4.69) is 10.3 Å². The Bertz CT molecular complexity index is 904. The molecule has 0 aliphatic rings. The van der Waals surface area contributed by atoms with Crippen molar-refractivity contribution in [2.45, 2.75) is 12.2 Å². The van der Waals surface area contributed by atoms with Crippen LogP contribution in [0, 0.1) is 0 Å². The number of imidazole rings is 1. The quantitative estimate of drug-likeness (QED) is 0.767. The molecule has 1 heterocycles. The molecule has 26 heavy (non-hydrogen) atoms. The van der Waals surface area contributed by atoms with Crippen molar-refractivity contribution >= 4 is 5.91 Å². The first-order valence-corrected chi connectivity index (χ1v) is 7.86. The van der Waals surface area contributed by atoms with E-state index in [0.29, 0.717) is 5.82 Å². The molecule has 0 aliphatic heterocycles. The minimum atomic E-state index is -4.51. The Morgan fingerprint density at radius 3 is 2.46 bits per heavy atom. The van der Waals surface area contributed by atoms with Gasteiger partial charge in [-0.15, -0.1) is 0 Å². The summed E-state index contributed by atoms with van der Waals surface area (Å²) in [4.78, 5) is 16.9. The number of nitrogens with one attached hydrogen (secondary N) is 1. The third kappa shape index (κ3) is 3.77. The van der Waals surface area contributed by atoms with Crippen LogP contribution < -0.4 is 5.32 Å². The molecule has 0 aliphatic carbocycles. The predicted octanol–water partition coefficient (Wildman–Crippen LogP) is 3.96. The number of carbonyl (C=O) groups excluding carboxylic acids is 1. The van der Waals surface area contributed by atoms with Crippen LogP contribution in [0.15, 0.2) is 67.0 Å². The number of rotatable bonds is 4. The second kappa shape index (κ2) is 7.03. The maximum atomic E-state index is 12.9. The number of alkyl halides is 3. The normalized spacial score (nSPS) is 12.6. The van der Waals surface area contributed by atoms with E-state index in [4.69, 9.17) is 0 Å². The average Bonchev–Trinajstić information content (AvgIpc) is 3.05. The van der Waals surface area contributed by atoms with Crippen LogP contribution >= 0.6 is 0 Å². The third-order valence-corrected chi connectivity index (χ3v) is 3.98. The smallest absolute Gasteiger partial charge is 0.338 e. The van der Waals surface area contributed by atoms with Crippen molar-refractivity contribution in [3.8, 4) is 0 Å². The number of amides is 1. The fourth-order valence-electron chi connectivity index (χ4n) is 2.65. The van der Waals surface area contributed by atoms with Crippen molar-refractivity contribution in [1.82, 2.24) is 14.9 Å². The molecule has 1 N–H and O–H groups in total. The number of nitrogens with zero attached hydrogens (tertiary/aromatic N) is 2. The van der Waals surface area contributed by atoms with Gasteiger partial charge in [0.1, 0.15) is 11.9 Å². The lowest BCUT2D eigenvalue weighted by Gasteiger charge is -2.19. The largest absolute Gasteiger partial charge is 0.416 e. The fourth-order valence-corrected chi connectivity index (χ4v) is 2.65. The number of benzene rings is 2. The highest BCUT2D eigenvalue weighted by Crippen LogP contribution is 2.30. The Morgan fingerprint density at radius 2 is 1.85 bits per heavy atom. The van der Waals surface area contributed by atoms with Crippen molar-refractivity contribution in [3.63, 3.8) is 0 Å². The van der Waals surface area contributed by atoms with Gasteiger partial charge in [0.2, 0.25) is 0 Å². The first-order chi connectivity index (χ1) is 12.4. The minimum Gasteiger partial charge on any atom is -0.338 e. The lowest BCUT2D eigenvalue weighted by molar-refractivity contribution is -0.137. The summed E-state index contributed by atoms with van der Waals surface area (Å²) in [5, 5.41) is 2.78. The lowest BCUT2D eigenvalue weighted by Crippen LogP contribution is -2.31. The standard InChI is InChI=1S/C19H16F3N3O/c1-25-11-10-23-17(25)16(13-6-3-2-4-7-13)24-18(26)14-8-5-9-15(12-14)19(20,21)22/h2-12,16H,1H3,(H,24,26).